The van der Waals surface area contributed by atoms with E-state index in [-0.39, 0.29) is 25.6 Å². The molecular weight excluding hydrogens is 269 g/mol. The Morgan fingerprint density at radius 3 is 2.65 bits per heavy atom. The molecule has 0 aliphatic heterocycles. The van der Waals surface area contributed by atoms with Gasteiger partial charge in [0, 0.05) is 20.7 Å². The van der Waals surface area contributed by atoms with Gasteiger partial charge in [-0.1, -0.05) is 0 Å². The van der Waals surface area contributed by atoms with Gasteiger partial charge in [-0.3, -0.25) is 9.59 Å². The molecule has 0 aromatic rings. The molecule has 2 amide bonds. The van der Waals surface area contributed by atoms with Crippen molar-refractivity contribution in [1.82, 2.24) is 15.8 Å². The van der Waals surface area contributed by atoms with Crippen LogP contribution in [0.5, 0.6) is 0 Å². The number of carbonyl (C=O) groups excluding carboxylic acids is 3. The van der Waals surface area contributed by atoms with E-state index in [1.54, 1.807) is 0 Å². The minimum absolute atomic E-state index is 0.0402. The molecule has 0 spiro atoms. The zero-order valence-electron chi connectivity index (χ0n) is 11.9. The summed E-state index contributed by atoms with van der Waals surface area (Å²) in [6.07, 6.45) is 2.09. The van der Waals surface area contributed by atoms with Crippen LogP contribution in [-0.4, -0.2) is 62.9 Å². The van der Waals surface area contributed by atoms with E-state index in [0.29, 0.717) is 25.5 Å². The summed E-state index contributed by atoms with van der Waals surface area (Å²) in [4.78, 5) is 35.2. The second-order valence-corrected chi connectivity index (χ2v) is 4.32. The van der Waals surface area contributed by atoms with Crippen LogP contribution < -0.4 is 10.9 Å². The van der Waals surface area contributed by atoms with E-state index >= 15 is 0 Å². The van der Waals surface area contributed by atoms with Crippen LogP contribution >= 0.6 is 0 Å². The predicted molar refractivity (Wildman–Crippen MR) is 70.5 cm³/mol. The topological polar surface area (TPSA) is 87.7 Å². The van der Waals surface area contributed by atoms with Crippen LogP contribution in [0.4, 0.5) is 4.48 Å². The number of methoxy groups -OCH3 is 1. The summed E-state index contributed by atoms with van der Waals surface area (Å²) in [5, 5.41) is 2.55. The fraction of sp³-hybridized carbons (Fsp3) is 0.750. The molecule has 0 aliphatic rings. The molecule has 0 fully saturated rings. The van der Waals surface area contributed by atoms with E-state index in [1.165, 1.54) is 24.6 Å². The highest BCUT2D eigenvalue weighted by Crippen LogP contribution is 2.04. The van der Waals surface area contributed by atoms with Gasteiger partial charge in [0.1, 0.15) is 18.9 Å². The third-order valence-electron chi connectivity index (χ3n) is 2.65. The van der Waals surface area contributed by atoms with E-state index in [9.17, 15) is 18.9 Å². The van der Waals surface area contributed by atoms with Gasteiger partial charge in [0.25, 0.3) is 0 Å². The normalized spacial score (nSPS) is 11.8. The molecule has 8 heteroatoms. The first-order valence-corrected chi connectivity index (χ1v) is 6.37. The highest BCUT2D eigenvalue weighted by molar-refractivity contribution is 5.88. The lowest BCUT2D eigenvalue weighted by molar-refractivity contribution is -0.137. The number of nitrogens with one attached hydrogen (secondary N) is 2. The summed E-state index contributed by atoms with van der Waals surface area (Å²) in [6.45, 7) is 0.00579. The van der Waals surface area contributed by atoms with Crippen LogP contribution in [0.15, 0.2) is 0 Å². The summed E-state index contributed by atoms with van der Waals surface area (Å²) in [6, 6.07) is -0.734. The zero-order chi connectivity index (χ0) is 15.4. The number of unbranched alkanes of at least 4 members (excludes halogenated alkanes) is 1. The molecule has 0 bridgehead atoms. The van der Waals surface area contributed by atoms with Crippen LogP contribution in [-0.2, 0) is 19.1 Å². The van der Waals surface area contributed by atoms with Crippen molar-refractivity contribution in [3.63, 3.8) is 0 Å². The van der Waals surface area contributed by atoms with E-state index in [0.717, 1.165) is 0 Å². The van der Waals surface area contributed by atoms with Crippen LogP contribution in [0.25, 0.3) is 0 Å². The molecule has 0 heterocycles. The molecule has 0 aromatic heterocycles. The van der Waals surface area contributed by atoms with E-state index in [1.807, 2.05) is 0 Å². The Morgan fingerprint density at radius 1 is 1.40 bits per heavy atom. The lowest BCUT2D eigenvalue weighted by Crippen LogP contribution is -2.48. The Bertz CT molecular complexity index is 315. The maximum atomic E-state index is 12.1. The molecule has 0 radical (unpaired) electrons. The summed E-state index contributed by atoms with van der Waals surface area (Å²) >= 11 is 0. The standard InChI is InChI=1S/C12H22FN3O4/c1-16(7-8-17)12(19)10(5-3-4-6-14-13)15-11(18)9-20-2/h8,10,14H,3-7,9H2,1-2H3,(H,15,18). The maximum Gasteiger partial charge on any atom is 0.246 e. The predicted octanol–water partition coefficient (Wildman–Crippen LogP) is -0.581. The number of likely N-dealkylation sites (N-methyl/N-ethyl adjacent to an activating group) is 1. The molecule has 0 saturated heterocycles. The van der Waals surface area contributed by atoms with Crippen molar-refractivity contribution in [3.8, 4) is 0 Å². The molecule has 0 aliphatic carbocycles. The van der Waals surface area contributed by atoms with Crippen molar-refractivity contribution in [2.45, 2.75) is 25.3 Å². The summed E-state index contributed by atoms with van der Waals surface area (Å²) in [7, 11) is 2.86. The number of hydrogen-bond acceptors (Lipinski definition) is 5. The van der Waals surface area contributed by atoms with Crippen LogP contribution in [0.3, 0.4) is 0 Å². The van der Waals surface area contributed by atoms with E-state index in [2.05, 4.69) is 10.1 Å². The number of aldehydes is 1. The number of rotatable bonds is 11. The molecule has 116 valence electrons. The lowest BCUT2D eigenvalue weighted by Gasteiger charge is -2.23. The van der Waals surface area contributed by atoms with Gasteiger partial charge in [-0.2, -0.15) is 5.54 Å². The van der Waals surface area contributed by atoms with Gasteiger partial charge < -0.3 is 19.7 Å². The second kappa shape index (κ2) is 11.3. The molecular formula is C12H22FN3O4. The molecule has 7 nitrogen and oxygen atoms in total. The van der Waals surface area contributed by atoms with Crippen LogP contribution in [0.1, 0.15) is 19.3 Å². The molecule has 2 N–H and O–H groups in total. The lowest BCUT2D eigenvalue weighted by atomic mass is 10.1. The van der Waals surface area contributed by atoms with Gasteiger partial charge in [-0.15, -0.1) is 4.48 Å². The average Bonchev–Trinajstić information content (AvgIpc) is 2.42. The first kappa shape index (κ1) is 18.5. The zero-order valence-corrected chi connectivity index (χ0v) is 11.9. The monoisotopic (exact) mass is 291 g/mol. The van der Waals surface area contributed by atoms with Gasteiger partial charge in [0.05, 0.1) is 6.54 Å². The first-order chi connectivity index (χ1) is 9.56. The Kier molecular flexibility index (Phi) is 10.4. The van der Waals surface area contributed by atoms with Crippen molar-refractivity contribution in [3.05, 3.63) is 0 Å². The van der Waals surface area contributed by atoms with Gasteiger partial charge in [0.15, 0.2) is 0 Å². The Balaban J connectivity index is 4.47. The molecule has 1 unspecified atom stereocenters. The quantitative estimate of drug-likeness (QED) is 0.302. The van der Waals surface area contributed by atoms with Gasteiger partial charge in [0.2, 0.25) is 11.8 Å². The third kappa shape index (κ3) is 7.80. The van der Waals surface area contributed by atoms with Crippen molar-refractivity contribution in [2.75, 3.05) is 33.9 Å². The fourth-order valence-corrected chi connectivity index (χ4v) is 1.63. The van der Waals surface area contributed by atoms with Crippen molar-refractivity contribution in [2.24, 2.45) is 0 Å². The van der Waals surface area contributed by atoms with Gasteiger partial charge >= 0.3 is 0 Å². The van der Waals surface area contributed by atoms with Crippen molar-refractivity contribution in [1.29, 1.82) is 0 Å². The SMILES string of the molecule is COCC(=O)NC(CCCCNF)C(=O)N(C)CC=O. The second-order valence-electron chi connectivity index (χ2n) is 4.32. The Morgan fingerprint density at radius 2 is 2.10 bits per heavy atom. The largest absolute Gasteiger partial charge is 0.375 e. The number of ether oxygens (including phenoxy) is 1. The van der Waals surface area contributed by atoms with Gasteiger partial charge in [-0.25, -0.2) is 0 Å². The first-order valence-electron chi connectivity index (χ1n) is 6.37. The molecule has 0 rings (SSSR count). The number of nitrogens with zero attached hydrogens (tertiary/aromatic N) is 1. The highest BCUT2D eigenvalue weighted by Gasteiger charge is 2.23. The molecule has 0 saturated carbocycles. The number of hydrogen-bond donors (Lipinski definition) is 2. The Hall–Kier alpha value is -1.54. The fourth-order valence-electron chi connectivity index (χ4n) is 1.63. The molecule has 1 atom stereocenters. The average molecular weight is 291 g/mol. The van der Waals surface area contributed by atoms with Crippen LogP contribution in [0.2, 0.25) is 0 Å². The molecule has 20 heavy (non-hydrogen) atoms. The molecule has 0 aromatic carbocycles. The number of halogens is 1. The van der Waals surface area contributed by atoms with E-state index < -0.39 is 11.9 Å². The summed E-state index contributed by atoms with van der Waals surface area (Å²) in [5.74, 6) is -0.760. The minimum atomic E-state index is -0.734. The smallest absolute Gasteiger partial charge is 0.246 e. The van der Waals surface area contributed by atoms with Crippen molar-refractivity contribution < 1.29 is 23.6 Å². The van der Waals surface area contributed by atoms with Crippen molar-refractivity contribution >= 4 is 18.1 Å². The summed E-state index contributed by atoms with van der Waals surface area (Å²) in [5.41, 5.74) is 1.53. The summed E-state index contributed by atoms with van der Waals surface area (Å²) < 4.78 is 16.4. The maximum absolute atomic E-state index is 12.1. The Labute approximate surface area is 117 Å². The third-order valence-corrected chi connectivity index (χ3v) is 2.65. The number of amides is 2. The minimum Gasteiger partial charge on any atom is -0.375 e. The van der Waals surface area contributed by atoms with Gasteiger partial charge in [-0.05, 0) is 19.3 Å². The highest BCUT2D eigenvalue weighted by atomic mass is 19.2. The van der Waals surface area contributed by atoms with E-state index in [4.69, 9.17) is 0 Å². The number of carbonyl (C=O) groups is 3. The van der Waals surface area contributed by atoms with Crippen LogP contribution in [0, 0.1) is 0 Å².